The number of quaternary nitrogens is 1. The smallest absolute Gasteiger partial charge is 0.361 e. The van der Waals surface area contributed by atoms with Crippen LogP contribution in [0.2, 0.25) is 0 Å². The third kappa shape index (κ3) is 52.6. The molecule has 0 rings (SSSR count). The summed E-state index contributed by atoms with van der Waals surface area (Å²) in [4.78, 5) is 37.4. The van der Waals surface area contributed by atoms with Crippen molar-refractivity contribution in [3.63, 3.8) is 0 Å². The molecule has 0 aromatic carbocycles. The molecule has 0 aliphatic rings. The van der Waals surface area contributed by atoms with Gasteiger partial charge in [0.05, 0.1) is 34.4 Å². The molecule has 400 valence electrons. The van der Waals surface area contributed by atoms with Crippen LogP contribution in [0.25, 0.3) is 0 Å². The van der Waals surface area contributed by atoms with Crippen LogP contribution < -0.4 is 0 Å². The van der Waals surface area contributed by atoms with Gasteiger partial charge in [-0.1, -0.05) is 216 Å². The Kier molecular flexibility index (Phi) is 49.1. The van der Waals surface area contributed by atoms with Crippen molar-refractivity contribution in [2.75, 3.05) is 47.5 Å². The monoisotopic (exact) mass is 971 g/mol. The first-order valence-electron chi connectivity index (χ1n) is 28.5. The predicted molar refractivity (Wildman–Crippen MR) is 290 cm³/mol. The zero-order chi connectivity index (χ0) is 50.6. The number of carboxylic acids is 1. The fourth-order valence-electron chi connectivity index (χ4n) is 7.88. The highest BCUT2D eigenvalue weighted by Crippen LogP contribution is 2.16. The zero-order valence-corrected chi connectivity index (χ0v) is 45.5. The van der Waals surface area contributed by atoms with Gasteiger partial charge >= 0.3 is 17.9 Å². The second-order valence-electron chi connectivity index (χ2n) is 20.2. The first-order chi connectivity index (χ1) is 33.6. The van der Waals surface area contributed by atoms with Crippen LogP contribution >= 0.6 is 0 Å². The number of carbonyl (C=O) groups excluding carboxylic acids is 2. The maximum atomic E-state index is 12.9. The lowest BCUT2D eigenvalue weighted by atomic mass is 10.0. The van der Waals surface area contributed by atoms with Gasteiger partial charge in [0, 0.05) is 12.8 Å². The van der Waals surface area contributed by atoms with Gasteiger partial charge in [-0.25, -0.2) is 4.79 Å². The minimum absolute atomic E-state index is 0.184. The van der Waals surface area contributed by atoms with Gasteiger partial charge in [-0.2, -0.15) is 0 Å². The number of rotatable bonds is 52. The van der Waals surface area contributed by atoms with E-state index in [1.54, 1.807) is 0 Å². The third-order valence-corrected chi connectivity index (χ3v) is 12.3. The zero-order valence-electron chi connectivity index (χ0n) is 45.5. The summed E-state index contributed by atoms with van der Waals surface area (Å²) in [5.41, 5.74) is 0. The summed E-state index contributed by atoms with van der Waals surface area (Å²) in [5.74, 6) is -2.00. The second-order valence-corrected chi connectivity index (χ2v) is 20.2. The minimum atomic E-state index is -1.51. The molecule has 69 heavy (non-hydrogen) atoms. The number of unbranched alkanes of at least 4 members (excludes halogenated alkanes) is 27. The Balaban J connectivity index is 4.25. The number of likely N-dealkylation sites (N-methyl/N-ethyl adjacent to an activating group) is 1. The van der Waals surface area contributed by atoms with Crippen LogP contribution in [-0.2, 0) is 33.3 Å². The lowest BCUT2D eigenvalue weighted by Crippen LogP contribution is -2.40. The maximum Gasteiger partial charge on any atom is 0.361 e. The lowest BCUT2D eigenvalue weighted by molar-refractivity contribution is -0.870. The molecule has 0 bridgehead atoms. The predicted octanol–water partition coefficient (Wildman–Crippen LogP) is 16.5. The highest BCUT2D eigenvalue weighted by molar-refractivity contribution is 5.71. The Bertz CT molecular complexity index is 1310. The van der Waals surface area contributed by atoms with E-state index in [2.05, 4.69) is 74.6 Å². The second kappa shape index (κ2) is 51.3. The summed E-state index contributed by atoms with van der Waals surface area (Å²) in [6.45, 7) is 4.78. The van der Waals surface area contributed by atoms with Crippen molar-refractivity contribution < 1.29 is 42.9 Å². The molecule has 0 heterocycles. The highest BCUT2D eigenvalue weighted by atomic mass is 16.7. The number of nitrogens with zero attached hydrogens (tertiary/aromatic N) is 1. The number of allylic oxidation sites excluding steroid dienone is 10. The van der Waals surface area contributed by atoms with Crippen molar-refractivity contribution in [2.45, 2.75) is 257 Å². The van der Waals surface area contributed by atoms with Crippen molar-refractivity contribution in [3.8, 4) is 0 Å². The fraction of sp³-hybridized carbons (Fsp3) is 0.783. The Morgan fingerprint density at radius 1 is 0.449 bits per heavy atom. The average molecular weight is 972 g/mol. The number of esters is 2. The molecular formula is C60H108NO8+. The van der Waals surface area contributed by atoms with Crippen LogP contribution in [0, 0.1) is 0 Å². The van der Waals surface area contributed by atoms with Gasteiger partial charge in [0.1, 0.15) is 13.2 Å². The molecule has 1 N–H and O–H groups in total. The SMILES string of the molecule is CC/C=C\C/C=C\C/C=C\C/C=C\CCCCCCCCCCCCCCC(=O)OC(COC(=O)CCCCCCCCCCC/C=C\CCCCCCCC)COC(OCC[N+](C)(C)C)C(=O)O. The molecule has 9 nitrogen and oxygen atoms in total. The molecule has 0 aromatic rings. The summed E-state index contributed by atoms with van der Waals surface area (Å²) in [6.07, 6.45) is 61.4. The van der Waals surface area contributed by atoms with Crippen molar-refractivity contribution >= 4 is 17.9 Å². The van der Waals surface area contributed by atoms with Crippen LogP contribution in [0.15, 0.2) is 60.8 Å². The number of carbonyl (C=O) groups is 3. The van der Waals surface area contributed by atoms with Gasteiger partial charge in [0.2, 0.25) is 0 Å². The number of ether oxygens (including phenoxy) is 4. The summed E-state index contributed by atoms with van der Waals surface area (Å²) in [6, 6.07) is 0. The summed E-state index contributed by atoms with van der Waals surface area (Å²) >= 11 is 0. The number of hydrogen-bond acceptors (Lipinski definition) is 7. The van der Waals surface area contributed by atoms with E-state index in [9.17, 15) is 19.5 Å². The molecule has 0 radical (unpaired) electrons. The first-order valence-corrected chi connectivity index (χ1v) is 28.5. The van der Waals surface area contributed by atoms with E-state index in [1.165, 1.54) is 154 Å². The van der Waals surface area contributed by atoms with E-state index in [0.717, 1.165) is 64.2 Å². The Morgan fingerprint density at radius 3 is 1.25 bits per heavy atom. The van der Waals surface area contributed by atoms with E-state index < -0.39 is 24.3 Å². The average Bonchev–Trinajstić information content (AvgIpc) is 3.31. The van der Waals surface area contributed by atoms with Gasteiger partial charge in [-0.05, 0) is 77.0 Å². The van der Waals surface area contributed by atoms with Crippen molar-refractivity contribution in [3.05, 3.63) is 60.8 Å². The highest BCUT2D eigenvalue weighted by Gasteiger charge is 2.25. The lowest BCUT2D eigenvalue weighted by Gasteiger charge is -2.25. The maximum absolute atomic E-state index is 12.9. The molecule has 0 aromatic heterocycles. The molecule has 0 amide bonds. The van der Waals surface area contributed by atoms with Gasteiger partial charge in [-0.3, -0.25) is 9.59 Å². The van der Waals surface area contributed by atoms with Gasteiger partial charge in [0.25, 0.3) is 6.29 Å². The summed E-state index contributed by atoms with van der Waals surface area (Å²) < 4.78 is 22.9. The Hall–Kier alpha value is -3.01. The van der Waals surface area contributed by atoms with Crippen LogP contribution in [-0.4, -0.2) is 87.4 Å². The topological polar surface area (TPSA) is 108 Å². The van der Waals surface area contributed by atoms with E-state index in [1.807, 2.05) is 21.1 Å². The molecule has 0 saturated heterocycles. The molecule has 0 aliphatic heterocycles. The van der Waals surface area contributed by atoms with E-state index in [4.69, 9.17) is 18.9 Å². The molecule has 0 fully saturated rings. The molecule has 0 spiro atoms. The first kappa shape index (κ1) is 66.0. The normalized spacial score (nSPS) is 13.2. The van der Waals surface area contributed by atoms with Gasteiger partial charge in [0.15, 0.2) is 6.10 Å². The molecule has 2 unspecified atom stereocenters. The van der Waals surface area contributed by atoms with E-state index >= 15 is 0 Å². The number of carboxylic acid groups (broad SMARTS) is 1. The Labute approximate surface area is 425 Å². The van der Waals surface area contributed by atoms with Crippen molar-refractivity contribution in [1.82, 2.24) is 0 Å². The van der Waals surface area contributed by atoms with Crippen molar-refractivity contribution in [2.24, 2.45) is 0 Å². The summed E-state index contributed by atoms with van der Waals surface area (Å²) in [5, 5.41) is 9.70. The van der Waals surface area contributed by atoms with E-state index in [0.29, 0.717) is 17.4 Å². The molecular weight excluding hydrogens is 863 g/mol. The molecule has 0 aliphatic carbocycles. The third-order valence-electron chi connectivity index (χ3n) is 12.3. The van der Waals surface area contributed by atoms with Crippen molar-refractivity contribution in [1.29, 1.82) is 0 Å². The number of aliphatic carboxylic acids is 1. The van der Waals surface area contributed by atoms with Gasteiger partial charge < -0.3 is 28.5 Å². The van der Waals surface area contributed by atoms with Crippen LogP contribution in [0.5, 0.6) is 0 Å². The quantitative estimate of drug-likeness (QED) is 0.0211. The minimum Gasteiger partial charge on any atom is -0.477 e. The Morgan fingerprint density at radius 2 is 0.826 bits per heavy atom. The molecule has 9 heteroatoms. The number of hydrogen-bond donors (Lipinski definition) is 1. The van der Waals surface area contributed by atoms with Crippen LogP contribution in [0.1, 0.15) is 245 Å². The van der Waals surface area contributed by atoms with E-state index in [-0.39, 0.29) is 32.2 Å². The summed E-state index contributed by atoms with van der Waals surface area (Å²) in [7, 11) is 5.97. The molecule has 2 atom stereocenters. The largest absolute Gasteiger partial charge is 0.477 e. The fourth-order valence-corrected chi connectivity index (χ4v) is 7.88. The standard InChI is InChI=1S/C60H107NO8/c1-6-8-10-12-14-16-18-20-22-24-26-27-28-29-30-31-33-35-37-39-41-43-45-47-49-51-58(63)69-56(55-68-60(59(64)65)66-53-52-61(3,4)5)54-67-57(62)50-48-46-44-42-40-38-36-34-32-25-23-21-19-17-15-13-11-9-7-2/h8,10,14,16,20-23,26-27,56,60H,6-7,9,11-13,15,17-19,24-25,28-55H2,1-5H3/p+1/b10-8-,16-14-,22-20-,23-21-,27-26-. The van der Waals surface area contributed by atoms with Crippen LogP contribution in [0.4, 0.5) is 0 Å². The van der Waals surface area contributed by atoms with Gasteiger partial charge in [-0.15, -0.1) is 0 Å². The van der Waals surface area contributed by atoms with Crippen LogP contribution in [0.3, 0.4) is 0 Å². The molecule has 0 saturated carbocycles.